The van der Waals surface area contributed by atoms with E-state index in [2.05, 4.69) is 11.8 Å². The molecule has 1 unspecified atom stereocenters. The van der Waals surface area contributed by atoms with Crippen LogP contribution >= 0.6 is 0 Å². The Labute approximate surface area is 189 Å². The second kappa shape index (κ2) is 6.66. The summed E-state index contributed by atoms with van der Waals surface area (Å²) in [5, 5.41) is 48.5. The summed E-state index contributed by atoms with van der Waals surface area (Å²) in [4.78, 5) is 2.28. The average Bonchev–Trinajstić information content (AvgIpc) is 3.14. The van der Waals surface area contributed by atoms with Gasteiger partial charge in [-0.1, -0.05) is 6.92 Å². The molecule has 1 aliphatic heterocycles. The van der Waals surface area contributed by atoms with Crippen LogP contribution in [0.3, 0.4) is 0 Å². The molecule has 0 radical (unpaired) electrons. The van der Waals surface area contributed by atoms with Gasteiger partial charge in [-0.3, -0.25) is 4.90 Å². The zero-order chi connectivity index (χ0) is 22.8. The second-order valence-corrected chi connectivity index (χ2v) is 11.7. The highest BCUT2D eigenvalue weighted by Gasteiger charge is 2.91. The van der Waals surface area contributed by atoms with Crippen molar-refractivity contribution in [1.82, 2.24) is 4.90 Å². The van der Waals surface area contributed by atoms with E-state index in [-0.39, 0.29) is 35.7 Å². The molecule has 4 N–H and O–H groups in total. The Bertz CT molecular complexity index is 798. The highest BCUT2D eigenvalue weighted by atomic mass is 16.5. The Morgan fingerprint density at radius 2 is 1.84 bits per heavy atom. The summed E-state index contributed by atoms with van der Waals surface area (Å²) in [6.07, 6.45) is -0.0296. The summed E-state index contributed by atoms with van der Waals surface area (Å²) in [5.41, 5.74) is -4.15. The van der Waals surface area contributed by atoms with Crippen molar-refractivity contribution in [2.24, 2.45) is 34.5 Å². The Morgan fingerprint density at radius 3 is 2.47 bits per heavy atom. The number of piperidine rings is 1. The van der Waals surface area contributed by atoms with Gasteiger partial charge in [-0.15, -0.1) is 0 Å². The fourth-order valence-corrected chi connectivity index (χ4v) is 10.7. The van der Waals surface area contributed by atoms with Gasteiger partial charge in [0, 0.05) is 62.9 Å². The maximum absolute atomic E-state index is 12.8. The van der Waals surface area contributed by atoms with E-state index in [0.29, 0.717) is 26.0 Å². The highest BCUT2D eigenvalue weighted by Crippen LogP contribution is 2.80. The van der Waals surface area contributed by atoms with E-state index in [0.717, 1.165) is 13.0 Å². The first-order chi connectivity index (χ1) is 15.2. The van der Waals surface area contributed by atoms with Crippen LogP contribution in [0.1, 0.15) is 32.6 Å². The van der Waals surface area contributed by atoms with Gasteiger partial charge >= 0.3 is 0 Å². The minimum Gasteiger partial charge on any atom is -0.392 e. The van der Waals surface area contributed by atoms with E-state index in [1.807, 2.05) is 0 Å². The molecule has 1 heterocycles. The summed E-state index contributed by atoms with van der Waals surface area (Å²) in [6.45, 7) is 4.05. The van der Waals surface area contributed by atoms with Gasteiger partial charge in [0.15, 0.2) is 0 Å². The number of fused-ring (bicyclic) bond motifs is 2. The van der Waals surface area contributed by atoms with Crippen LogP contribution in [0.15, 0.2) is 0 Å². The van der Waals surface area contributed by atoms with Crippen LogP contribution in [0.25, 0.3) is 0 Å². The molecule has 5 aliphatic carbocycles. The van der Waals surface area contributed by atoms with Crippen molar-refractivity contribution in [3.8, 4) is 0 Å². The number of nitrogens with zero attached hydrogens (tertiary/aromatic N) is 1. The van der Waals surface area contributed by atoms with Crippen molar-refractivity contribution >= 4 is 0 Å². The molecule has 13 atom stereocenters. The van der Waals surface area contributed by atoms with Crippen LogP contribution in [0.2, 0.25) is 0 Å². The molecule has 8 nitrogen and oxygen atoms in total. The Kier molecular flexibility index (Phi) is 4.62. The molecular formula is C24H39NO7. The molecule has 7 bridgehead atoms. The molecule has 6 rings (SSSR count). The molecule has 6 aliphatic rings. The average molecular weight is 454 g/mol. The molecule has 1 spiro atoms. The molecule has 0 aromatic rings. The van der Waals surface area contributed by atoms with E-state index >= 15 is 0 Å². The Morgan fingerprint density at radius 1 is 1.09 bits per heavy atom. The second-order valence-electron chi connectivity index (χ2n) is 11.7. The number of aliphatic hydroxyl groups excluding tert-OH is 2. The monoisotopic (exact) mass is 453 g/mol. The maximum atomic E-state index is 12.8. The Balaban J connectivity index is 1.67. The van der Waals surface area contributed by atoms with Gasteiger partial charge in [0.25, 0.3) is 0 Å². The van der Waals surface area contributed by atoms with Gasteiger partial charge in [-0.05, 0) is 31.7 Å². The molecular weight excluding hydrogens is 414 g/mol. The normalized spacial score (nSPS) is 62.4. The minimum atomic E-state index is -1.63. The lowest BCUT2D eigenvalue weighted by Crippen LogP contribution is -2.81. The van der Waals surface area contributed by atoms with Crippen molar-refractivity contribution in [2.75, 3.05) is 41.0 Å². The van der Waals surface area contributed by atoms with Crippen molar-refractivity contribution < 1.29 is 34.6 Å². The maximum Gasteiger partial charge on any atom is 0.136 e. The van der Waals surface area contributed by atoms with E-state index < -0.39 is 46.9 Å². The molecule has 6 fully saturated rings. The van der Waals surface area contributed by atoms with Gasteiger partial charge in [-0.2, -0.15) is 0 Å². The number of hydrogen-bond acceptors (Lipinski definition) is 8. The van der Waals surface area contributed by atoms with Gasteiger partial charge < -0.3 is 34.6 Å². The number of likely N-dealkylation sites (tertiary alicyclic amines) is 1. The van der Waals surface area contributed by atoms with Crippen LogP contribution in [0, 0.1) is 34.5 Å². The summed E-state index contributed by atoms with van der Waals surface area (Å²) in [5.74, 6) is -0.889. The lowest BCUT2D eigenvalue weighted by molar-refractivity contribution is -0.317. The van der Waals surface area contributed by atoms with E-state index in [4.69, 9.17) is 14.2 Å². The zero-order valence-corrected chi connectivity index (χ0v) is 19.6. The van der Waals surface area contributed by atoms with E-state index in [1.54, 1.807) is 21.3 Å². The molecule has 32 heavy (non-hydrogen) atoms. The number of methoxy groups -OCH3 is 3. The Hall–Kier alpha value is -0.320. The predicted molar refractivity (Wildman–Crippen MR) is 114 cm³/mol. The minimum absolute atomic E-state index is 0.102. The third-order valence-corrected chi connectivity index (χ3v) is 11.2. The van der Waals surface area contributed by atoms with Crippen molar-refractivity contribution in [3.63, 3.8) is 0 Å². The van der Waals surface area contributed by atoms with Crippen LogP contribution in [0.4, 0.5) is 0 Å². The van der Waals surface area contributed by atoms with Gasteiger partial charge in [0.05, 0.1) is 37.1 Å². The zero-order valence-electron chi connectivity index (χ0n) is 19.6. The molecule has 182 valence electrons. The molecule has 0 aromatic carbocycles. The number of likely N-dealkylation sites (N-methyl/N-ethyl adjacent to an activating group) is 1. The lowest BCUT2D eigenvalue weighted by atomic mass is 9.42. The first kappa shape index (κ1) is 22.2. The first-order valence-electron chi connectivity index (χ1n) is 12.3. The molecule has 0 amide bonds. The van der Waals surface area contributed by atoms with E-state index in [1.165, 1.54) is 0 Å². The fourth-order valence-electron chi connectivity index (χ4n) is 10.7. The van der Waals surface area contributed by atoms with Gasteiger partial charge in [-0.25, -0.2) is 0 Å². The fraction of sp³-hybridized carbons (Fsp3) is 1.00. The largest absolute Gasteiger partial charge is 0.392 e. The van der Waals surface area contributed by atoms with Crippen LogP contribution in [0.5, 0.6) is 0 Å². The van der Waals surface area contributed by atoms with Crippen molar-refractivity contribution in [3.05, 3.63) is 0 Å². The summed E-state index contributed by atoms with van der Waals surface area (Å²) < 4.78 is 17.7. The highest BCUT2D eigenvalue weighted by molar-refractivity contribution is 5.41. The summed E-state index contributed by atoms with van der Waals surface area (Å²) >= 11 is 0. The van der Waals surface area contributed by atoms with Gasteiger partial charge in [0.2, 0.25) is 0 Å². The van der Waals surface area contributed by atoms with Crippen molar-refractivity contribution in [1.29, 1.82) is 0 Å². The van der Waals surface area contributed by atoms with Gasteiger partial charge in [0.1, 0.15) is 11.2 Å². The molecule has 1 saturated heterocycles. The quantitative estimate of drug-likeness (QED) is 0.446. The standard InChI is InChI=1S/C24H39NO7/c1-5-25-10-21(11-30-2)7-6-15(26)23-13-8-12-14(31-3)9-22(28,16(13)17(12)27)24(29,20(23)25)19(32-4)18(21)23/h12-20,26-29H,5-11H2,1-4H3/t12-,13-,14+,15+,16-,17+,18-,19+,20?,21+,22-,23+,24-/m1/s1. The van der Waals surface area contributed by atoms with Crippen LogP contribution in [-0.4, -0.2) is 108 Å². The molecule has 8 heteroatoms. The number of rotatable bonds is 5. The summed E-state index contributed by atoms with van der Waals surface area (Å²) in [6, 6.07) is -0.442. The number of ether oxygens (including phenoxy) is 3. The SMILES string of the molecule is CCN1C[C@]2(COC)CC[C@H](O)[C@]34C1[C@](O)([C@@H](OC)[C@H]23)[C@@]1(O)C[C@H](OC)[C@H]2C[C@@H]4[C@@H]1[C@H]2O. The number of hydrogen-bond donors (Lipinski definition) is 4. The predicted octanol–water partition coefficient (Wildman–Crippen LogP) is -0.383. The molecule has 5 saturated carbocycles. The van der Waals surface area contributed by atoms with Crippen LogP contribution in [-0.2, 0) is 14.2 Å². The number of aliphatic hydroxyl groups is 4. The third-order valence-electron chi connectivity index (χ3n) is 11.2. The van der Waals surface area contributed by atoms with E-state index in [9.17, 15) is 20.4 Å². The smallest absolute Gasteiger partial charge is 0.136 e. The molecule has 0 aromatic heterocycles. The summed E-state index contributed by atoms with van der Waals surface area (Å²) in [7, 11) is 4.95. The third kappa shape index (κ3) is 1.99. The lowest BCUT2D eigenvalue weighted by Gasteiger charge is -2.69. The van der Waals surface area contributed by atoms with Crippen LogP contribution < -0.4 is 0 Å². The topological polar surface area (TPSA) is 112 Å². The first-order valence-corrected chi connectivity index (χ1v) is 12.3. The van der Waals surface area contributed by atoms with Crippen molar-refractivity contribution in [2.45, 2.75) is 74.3 Å².